The Bertz CT molecular complexity index is 608. The fourth-order valence-electron chi connectivity index (χ4n) is 3.31. The molecule has 6 heteroatoms. The molecule has 0 N–H and O–H groups in total. The highest BCUT2D eigenvalue weighted by Gasteiger charge is 2.44. The summed E-state index contributed by atoms with van der Waals surface area (Å²) in [5.41, 5.74) is -0.532. The van der Waals surface area contributed by atoms with Crippen LogP contribution in [0.5, 0.6) is 0 Å². The summed E-state index contributed by atoms with van der Waals surface area (Å²) >= 11 is 1.77. The number of thiophene rings is 1. The van der Waals surface area contributed by atoms with Gasteiger partial charge >= 0.3 is 0 Å². The number of aromatic nitrogens is 2. The second-order valence-corrected chi connectivity index (χ2v) is 7.13. The maximum absolute atomic E-state index is 12.9. The first kappa shape index (κ1) is 15.2. The normalized spacial score (nSPS) is 22.6. The third-order valence-electron chi connectivity index (χ3n) is 4.31. The molecular weight excluding hydrogens is 296 g/mol. The maximum Gasteiger partial charge on any atom is 0.249 e. The van der Waals surface area contributed by atoms with Crippen molar-refractivity contribution in [1.82, 2.24) is 19.4 Å². The summed E-state index contributed by atoms with van der Waals surface area (Å²) in [6.07, 6.45) is 7.32. The highest BCUT2D eigenvalue weighted by atomic mass is 32.1. The number of likely N-dealkylation sites (tertiary alicyclic amines) is 1. The van der Waals surface area contributed by atoms with E-state index >= 15 is 0 Å². The van der Waals surface area contributed by atoms with Crippen molar-refractivity contribution in [2.45, 2.75) is 24.9 Å². The molecule has 118 valence electrons. The number of hydrogen-bond donors (Lipinski definition) is 0. The van der Waals surface area contributed by atoms with Gasteiger partial charge in [-0.3, -0.25) is 9.69 Å². The molecule has 2 aromatic rings. The molecule has 0 saturated carbocycles. The lowest BCUT2D eigenvalue weighted by molar-refractivity contribution is -0.141. The summed E-state index contributed by atoms with van der Waals surface area (Å²) in [5.74, 6) is 0.154. The zero-order valence-corrected chi connectivity index (χ0v) is 13.9. The molecule has 0 aromatic carbocycles. The summed E-state index contributed by atoms with van der Waals surface area (Å²) in [6.45, 7) is 2.68. The van der Waals surface area contributed by atoms with E-state index in [0.717, 1.165) is 32.5 Å². The Balaban J connectivity index is 1.87. The van der Waals surface area contributed by atoms with Gasteiger partial charge in [-0.25, -0.2) is 4.98 Å². The topological polar surface area (TPSA) is 41.4 Å². The van der Waals surface area contributed by atoms with Crippen LogP contribution in [0.1, 0.15) is 17.7 Å². The van der Waals surface area contributed by atoms with Gasteiger partial charge in [-0.05, 0) is 30.8 Å². The second kappa shape index (κ2) is 6.22. The Labute approximate surface area is 135 Å². The first-order valence-electron chi connectivity index (χ1n) is 7.57. The van der Waals surface area contributed by atoms with Crippen molar-refractivity contribution in [1.29, 1.82) is 0 Å². The number of nitrogens with zero attached hydrogens (tertiary/aromatic N) is 4. The lowest BCUT2D eigenvalue weighted by Crippen LogP contribution is -2.57. The molecule has 3 heterocycles. The smallest absolute Gasteiger partial charge is 0.249 e. The van der Waals surface area contributed by atoms with Crippen LogP contribution in [0, 0.1) is 0 Å². The molecule has 22 heavy (non-hydrogen) atoms. The van der Waals surface area contributed by atoms with Gasteiger partial charge in [0.15, 0.2) is 0 Å². The zero-order valence-electron chi connectivity index (χ0n) is 13.1. The lowest BCUT2D eigenvalue weighted by atomic mass is 9.87. The van der Waals surface area contributed by atoms with Crippen molar-refractivity contribution in [3.05, 3.63) is 41.1 Å². The molecule has 0 bridgehead atoms. The molecule has 1 aliphatic heterocycles. The standard InChI is InChI=1S/C16H22N4OS/c1-18(2)15(21)16(20-9-7-17-13-20)6-4-8-19(12-16)11-14-5-3-10-22-14/h3,5,7,9-10,13H,4,6,8,11-12H2,1-2H3. The molecule has 5 nitrogen and oxygen atoms in total. The van der Waals surface area contributed by atoms with Crippen molar-refractivity contribution >= 4 is 17.2 Å². The van der Waals surface area contributed by atoms with Crippen molar-refractivity contribution < 1.29 is 4.79 Å². The van der Waals surface area contributed by atoms with Crippen LogP contribution in [0.2, 0.25) is 0 Å². The lowest BCUT2D eigenvalue weighted by Gasteiger charge is -2.43. The summed E-state index contributed by atoms with van der Waals surface area (Å²) in [5, 5.41) is 2.10. The van der Waals surface area contributed by atoms with Crippen LogP contribution in [0.15, 0.2) is 36.2 Å². The Hall–Kier alpha value is -1.66. The highest BCUT2D eigenvalue weighted by Crippen LogP contribution is 2.31. The van der Waals surface area contributed by atoms with E-state index in [0.29, 0.717) is 0 Å². The zero-order chi connectivity index (χ0) is 15.6. The minimum Gasteiger partial charge on any atom is -0.347 e. The van der Waals surface area contributed by atoms with Crippen molar-refractivity contribution in [3.63, 3.8) is 0 Å². The van der Waals surface area contributed by atoms with Crippen LogP contribution in [0.3, 0.4) is 0 Å². The van der Waals surface area contributed by atoms with Gasteiger partial charge in [0.25, 0.3) is 0 Å². The van der Waals surface area contributed by atoms with Crippen molar-refractivity contribution in [2.24, 2.45) is 0 Å². The Morgan fingerprint density at radius 3 is 3.00 bits per heavy atom. The molecule has 3 rings (SSSR count). The minimum atomic E-state index is -0.532. The fourth-order valence-corrected chi connectivity index (χ4v) is 4.05. The Kier molecular flexibility index (Phi) is 4.31. The Morgan fingerprint density at radius 2 is 2.36 bits per heavy atom. The minimum absolute atomic E-state index is 0.154. The Morgan fingerprint density at radius 1 is 1.50 bits per heavy atom. The SMILES string of the molecule is CN(C)C(=O)C1(n2ccnc2)CCCN(Cc2cccs2)C1. The van der Waals surface area contributed by atoms with Crippen molar-refractivity contribution in [3.8, 4) is 0 Å². The number of rotatable bonds is 4. The monoisotopic (exact) mass is 318 g/mol. The molecule has 2 aromatic heterocycles. The summed E-state index contributed by atoms with van der Waals surface area (Å²) in [6, 6.07) is 4.24. The van der Waals surface area contributed by atoms with Gasteiger partial charge in [0.2, 0.25) is 5.91 Å². The first-order valence-corrected chi connectivity index (χ1v) is 8.45. The van der Waals surface area contributed by atoms with Crippen LogP contribution in [-0.4, -0.2) is 52.4 Å². The van der Waals surface area contributed by atoms with E-state index < -0.39 is 5.54 Å². The van der Waals surface area contributed by atoms with Gasteiger partial charge in [-0.2, -0.15) is 0 Å². The number of imidazole rings is 1. The van der Waals surface area contributed by atoms with E-state index in [1.54, 1.807) is 28.8 Å². The molecule has 0 spiro atoms. The number of piperidine rings is 1. The van der Waals surface area contributed by atoms with Crippen LogP contribution >= 0.6 is 11.3 Å². The van der Waals surface area contributed by atoms with Gasteiger partial charge in [-0.15, -0.1) is 11.3 Å². The quantitative estimate of drug-likeness (QED) is 0.866. The van der Waals surface area contributed by atoms with E-state index in [-0.39, 0.29) is 5.91 Å². The van der Waals surface area contributed by atoms with Gasteiger partial charge < -0.3 is 9.47 Å². The number of carbonyl (C=O) groups excluding carboxylic acids is 1. The summed E-state index contributed by atoms with van der Waals surface area (Å²) in [7, 11) is 3.67. The number of amides is 1. The van der Waals surface area contributed by atoms with Gasteiger partial charge in [0.1, 0.15) is 5.54 Å². The second-order valence-electron chi connectivity index (χ2n) is 6.09. The number of carbonyl (C=O) groups is 1. The number of hydrogen-bond acceptors (Lipinski definition) is 4. The van der Waals surface area contributed by atoms with Crippen LogP contribution in [-0.2, 0) is 16.9 Å². The van der Waals surface area contributed by atoms with Gasteiger partial charge in [0, 0.05) is 44.5 Å². The van der Waals surface area contributed by atoms with E-state index in [1.165, 1.54) is 4.88 Å². The largest absolute Gasteiger partial charge is 0.347 e. The fraction of sp³-hybridized carbons (Fsp3) is 0.500. The third-order valence-corrected chi connectivity index (χ3v) is 5.17. The predicted octanol–water partition coefficient (Wildman–Crippen LogP) is 2.02. The number of likely N-dealkylation sites (N-methyl/N-ethyl adjacent to an activating group) is 1. The van der Waals surface area contributed by atoms with Crippen LogP contribution in [0.4, 0.5) is 0 Å². The van der Waals surface area contributed by atoms with E-state index in [4.69, 9.17) is 0 Å². The van der Waals surface area contributed by atoms with Gasteiger partial charge in [-0.1, -0.05) is 6.07 Å². The molecule has 1 saturated heterocycles. The highest BCUT2D eigenvalue weighted by molar-refractivity contribution is 7.09. The molecule has 1 aliphatic rings. The molecule has 1 amide bonds. The summed E-state index contributed by atoms with van der Waals surface area (Å²) < 4.78 is 2.00. The van der Waals surface area contributed by atoms with Crippen molar-refractivity contribution in [2.75, 3.05) is 27.2 Å². The predicted molar refractivity (Wildman–Crippen MR) is 87.7 cm³/mol. The molecule has 1 atom stereocenters. The average molecular weight is 318 g/mol. The molecule has 0 aliphatic carbocycles. The maximum atomic E-state index is 12.9. The van der Waals surface area contributed by atoms with E-state index in [9.17, 15) is 4.79 Å². The molecule has 1 fully saturated rings. The van der Waals surface area contributed by atoms with E-state index in [2.05, 4.69) is 27.4 Å². The van der Waals surface area contributed by atoms with Crippen LogP contribution < -0.4 is 0 Å². The average Bonchev–Trinajstić information content (AvgIpc) is 3.19. The van der Waals surface area contributed by atoms with Gasteiger partial charge in [0.05, 0.1) is 6.33 Å². The first-order chi connectivity index (χ1) is 10.6. The van der Waals surface area contributed by atoms with Crippen LogP contribution in [0.25, 0.3) is 0 Å². The molecule has 0 radical (unpaired) electrons. The summed E-state index contributed by atoms with van der Waals surface area (Å²) in [4.78, 5) is 22.5. The van der Waals surface area contributed by atoms with E-state index in [1.807, 2.05) is 24.9 Å². The molecular formula is C16H22N4OS. The molecule has 1 unspecified atom stereocenters. The third kappa shape index (κ3) is 2.80.